The highest BCUT2D eigenvalue weighted by molar-refractivity contribution is 5.82. The minimum atomic E-state index is 0.0498. The number of rotatable bonds is 3. The van der Waals surface area contributed by atoms with E-state index in [9.17, 15) is 4.79 Å². The number of carbonyl (C=O) groups is 1. The predicted molar refractivity (Wildman–Crippen MR) is 93.0 cm³/mol. The lowest BCUT2D eigenvalue weighted by Gasteiger charge is -2.38. The van der Waals surface area contributed by atoms with Crippen LogP contribution in [0.4, 0.5) is 5.95 Å². The first-order chi connectivity index (χ1) is 11.7. The number of nitrogens with one attached hydrogen (secondary N) is 1. The minimum absolute atomic E-state index is 0.0498. The molecule has 0 radical (unpaired) electrons. The van der Waals surface area contributed by atoms with Crippen LogP contribution in [0.3, 0.4) is 0 Å². The van der Waals surface area contributed by atoms with Crippen molar-refractivity contribution in [1.82, 2.24) is 24.7 Å². The number of anilines is 1. The minimum Gasteiger partial charge on any atom is -0.352 e. The molecule has 1 aromatic rings. The Kier molecular flexibility index (Phi) is 4.45. The summed E-state index contributed by atoms with van der Waals surface area (Å²) in [7, 11) is 2.03. The largest absolute Gasteiger partial charge is 0.352 e. The Morgan fingerprint density at radius 2 is 2.00 bits per heavy atom. The van der Waals surface area contributed by atoms with E-state index in [1.54, 1.807) is 0 Å². The van der Waals surface area contributed by atoms with Gasteiger partial charge in [-0.3, -0.25) is 14.6 Å². The van der Waals surface area contributed by atoms with Crippen molar-refractivity contribution < 1.29 is 4.79 Å². The molecule has 4 saturated heterocycles. The molecule has 2 bridgehead atoms. The molecule has 0 saturated carbocycles. The summed E-state index contributed by atoms with van der Waals surface area (Å²) >= 11 is 0. The Bertz CT molecular complexity index is 575. The summed E-state index contributed by atoms with van der Waals surface area (Å²) in [6.45, 7) is 7.17. The van der Waals surface area contributed by atoms with E-state index in [1.165, 1.54) is 6.42 Å². The first kappa shape index (κ1) is 15.9. The first-order valence-corrected chi connectivity index (χ1v) is 9.20. The number of nitrogens with zero attached hydrogens (tertiary/aromatic N) is 5. The van der Waals surface area contributed by atoms with Gasteiger partial charge in [-0.2, -0.15) is 0 Å². The summed E-state index contributed by atoms with van der Waals surface area (Å²) in [6.07, 6.45) is 7.00. The van der Waals surface area contributed by atoms with Crippen LogP contribution in [0.25, 0.3) is 0 Å². The summed E-state index contributed by atoms with van der Waals surface area (Å²) in [5.74, 6) is 1.26. The second kappa shape index (κ2) is 6.72. The van der Waals surface area contributed by atoms with Gasteiger partial charge in [0.15, 0.2) is 0 Å². The summed E-state index contributed by atoms with van der Waals surface area (Å²) < 4.78 is 2.06. The molecule has 132 valence electrons. The Morgan fingerprint density at radius 3 is 2.75 bits per heavy atom. The van der Waals surface area contributed by atoms with Gasteiger partial charge in [-0.15, -0.1) is 0 Å². The van der Waals surface area contributed by atoms with Gasteiger partial charge in [0.25, 0.3) is 0 Å². The van der Waals surface area contributed by atoms with Crippen LogP contribution in [-0.2, 0) is 11.8 Å². The van der Waals surface area contributed by atoms with E-state index < -0.39 is 0 Å². The van der Waals surface area contributed by atoms with Crippen LogP contribution < -0.4 is 10.2 Å². The van der Waals surface area contributed by atoms with E-state index in [0.29, 0.717) is 6.04 Å². The van der Waals surface area contributed by atoms with Crippen LogP contribution in [0.15, 0.2) is 12.4 Å². The van der Waals surface area contributed by atoms with E-state index in [4.69, 9.17) is 0 Å². The number of piperidine rings is 1. The van der Waals surface area contributed by atoms with Gasteiger partial charge in [0.05, 0.1) is 0 Å². The zero-order valence-electron chi connectivity index (χ0n) is 14.5. The number of aryl methyl sites for hydroxylation is 1. The zero-order chi connectivity index (χ0) is 16.5. The maximum atomic E-state index is 12.8. The van der Waals surface area contributed by atoms with E-state index in [0.717, 1.165) is 64.6 Å². The highest BCUT2D eigenvalue weighted by atomic mass is 16.2. The predicted octanol–water partition coefficient (Wildman–Crippen LogP) is -0.105. The van der Waals surface area contributed by atoms with Crippen LogP contribution >= 0.6 is 0 Å². The van der Waals surface area contributed by atoms with Gasteiger partial charge in [0, 0.05) is 64.8 Å². The van der Waals surface area contributed by atoms with Crippen molar-refractivity contribution in [2.45, 2.75) is 31.3 Å². The van der Waals surface area contributed by atoms with Crippen LogP contribution in [0.2, 0.25) is 0 Å². The van der Waals surface area contributed by atoms with E-state index >= 15 is 0 Å². The van der Waals surface area contributed by atoms with E-state index in [2.05, 4.69) is 29.6 Å². The molecule has 1 aromatic heterocycles. The molecule has 1 amide bonds. The molecule has 5 heterocycles. The molecule has 3 atom stereocenters. The molecule has 7 nitrogen and oxygen atoms in total. The molecule has 0 aromatic carbocycles. The third-order valence-electron chi connectivity index (χ3n) is 5.72. The van der Waals surface area contributed by atoms with Gasteiger partial charge >= 0.3 is 0 Å². The molecule has 4 aliphatic heterocycles. The number of amides is 1. The van der Waals surface area contributed by atoms with E-state index in [1.807, 2.05) is 19.4 Å². The number of piperazine rings is 1. The van der Waals surface area contributed by atoms with Crippen LogP contribution in [0, 0.1) is 0 Å². The molecule has 0 spiro atoms. The molecule has 24 heavy (non-hydrogen) atoms. The van der Waals surface area contributed by atoms with Crippen LogP contribution in [0.5, 0.6) is 0 Å². The summed E-state index contributed by atoms with van der Waals surface area (Å²) in [4.78, 5) is 24.3. The molecule has 1 N–H and O–H groups in total. The Balaban J connectivity index is 1.31. The molecule has 4 aliphatic rings. The number of aromatic nitrogens is 2. The standard InChI is InChI=1S/C17H28N6O/c1-20-10-5-18-17(20)23-8-3-14(4-9-23)19-16(24)15-13-21-6-2-7-22(15)12-11-21/h5,10,14-15H,2-4,6-9,11-13H2,1H3,(H,19,24). The van der Waals surface area contributed by atoms with Crippen molar-refractivity contribution in [3.63, 3.8) is 0 Å². The van der Waals surface area contributed by atoms with Gasteiger partial charge in [-0.05, 0) is 25.8 Å². The molecule has 7 heteroatoms. The molecule has 3 unspecified atom stereocenters. The normalized spacial score (nSPS) is 31.0. The Hall–Kier alpha value is -1.60. The smallest absolute Gasteiger partial charge is 0.238 e. The van der Waals surface area contributed by atoms with E-state index in [-0.39, 0.29) is 11.9 Å². The van der Waals surface area contributed by atoms with Crippen molar-refractivity contribution >= 4 is 11.9 Å². The fraction of sp³-hybridized carbons (Fsp3) is 0.765. The lowest BCUT2D eigenvalue weighted by atomic mass is 10.0. The Labute approximate surface area is 143 Å². The lowest BCUT2D eigenvalue weighted by molar-refractivity contribution is -0.128. The van der Waals surface area contributed by atoms with Gasteiger partial charge in [-0.1, -0.05) is 0 Å². The Morgan fingerprint density at radius 1 is 1.17 bits per heavy atom. The highest BCUT2D eigenvalue weighted by Crippen LogP contribution is 2.19. The highest BCUT2D eigenvalue weighted by Gasteiger charge is 2.35. The summed E-state index contributed by atoms with van der Waals surface area (Å²) in [5.41, 5.74) is 0. The van der Waals surface area contributed by atoms with Crippen molar-refractivity contribution in [2.24, 2.45) is 7.05 Å². The van der Waals surface area contributed by atoms with Gasteiger partial charge in [0.2, 0.25) is 11.9 Å². The first-order valence-electron chi connectivity index (χ1n) is 9.20. The van der Waals surface area contributed by atoms with Gasteiger partial charge in [0.1, 0.15) is 6.04 Å². The van der Waals surface area contributed by atoms with Gasteiger partial charge < -0.3 is 14.8 Å². The number of fused-ring (bicyclic) bond motifs is 4. The molecule has 0 aliphatic carbocycles. The van der Waals surface area contributed by atoms with Crippen molar-refractivity contribution in [3.05, 3.63) is 12.4 Å². The molecular weight excluding hydrogens is 304 g/mol. The third-order valence-corrected chi connectivity index (χ3v) is 5.72. The molecule has 4 fully saturated rings. The average molecular weight is 332 g/mol. The number of carbonyl (C=O) groups excluding carboxylic acids is 1. The van der Waals surface area contributed by atoms with Crippen molar-refractivity contribution in [3.8, 4) is 0 Å². The summed E-state index contributed by atoms with van der Waals surface area (Å²) in [6, 6.07) is 0.348. The van der Waals surface area contributed by atoms with Gasteiger partial charge in [-0.25, -0.2) is 4.98 Å². The lowest BCUT2D eigenvalue weighted by Crippen LogP contribution is -2.58. The second-order valence-corrected chi connectivity index (χ2v) is 7.31. The van der Waals surface area contributed by atoms with Crippen molar-refractivity contribution in [1.29, 1.82) is 0 Å². The van der Waals surface area contributed by atoms with Crippen molar-refractivity contribution in [2.75, 3.05) is 50.7 Å². The SMILES string of the molecule is Cn1ccnc1N1CCC(NC(=O)C2CN3CCCN2CC3)CC1. The molecular formula is C17H28N6O. The topological polar surface area (TPSA) is 56.6 Å². The number of hydrogen-bond donors (Lipinski definition) is 1. The van der Waals surface area contributed by atoms with Crippen LogP contribution in [-0.4, -0.2) is 83.2 Å². The monoisotopic (exact) mass is 332 g/mol. The third kappa shape index (κ3) is 3.15. The van der Waals surface area contributed by atoms with Crippen LogP contribution in [0.1, 0.15) is 19.3 Å². The number of imidazole rings is 1. The zero-order valence-corrected chi connectivity index (χ0v) is 14.5. The fourth-order valence-electron chi connectivity index (χ4n) is 4.28. The molecule has 5 rings (SSSR count). The maximum Gasteiger partial charge on any atom is 0.238 e. The summed E-state index contributed by atoms with van der Waals surface area (Å²) in [5, 5.41) is 3.32. The maximum absolute atomic E-state index is 12.8. The second-order valence-electron chi connectivity index (χ2n) is 7.31. The quantitative estimate of drug-likeness (QED) is 0.837. The fourth-order valence-corrected chi connectivity index (χ4v) is 4.28. The average Bonchev–Trinajstić information content (AvgIpc) is 2.80. The number of hydrogen-bond acceptors (Lipinski definition) is 5.